The van der Waals surface area contributed by atoms with Crippen LogP contribution in [0.4, 0.5) is 0 Å². The predicted octanol–water partition coefficient (Wildman–Crippen LogP) is 1.38. The van der Waals surface area contributed by atoms with E-state index in [9.17, 15) is 14.7 Å². The van der Waals surface area contributed by atoms with Gasteiger partial charge >= 0.3 is 11.9 Å². The van der Waals surface area contributed by atoms with Crippen molar-refractivity contribution in [2.75, 3.05) is 0 Å². The monoisotopic (exact) mass is 252 g/mol. The maximum Gasteiger partial charge on any atom is 0.337 e. The molecule has 1 aromatic carbocycles. The summed E-state index contributed by atoms with van der Waals surface area (Å²) in [5.74, 6) is -2.21. The van der Waals surface area contributed by atoms with Crippen LogP contribution in [-0.2, 0) is 22.4 Å². The molecule has 0 heterocycles. The molecule has 0 aromatic heterocycles. The van der Waals surface area contributed by atoms with Crippen molar-refractivity contribution >= 4 is 11.9 Å². The second kappa shape index (κ2) is 6.16. The SMILES string of the molecule is CCc1c(CCC(=O)O)cccc1C(O)C(=O)O. The second-order valence-corrected chi connectivity index (χ2v) is 3.97. The average Bonchev–Trinajstić information content (AvgIpc) is 2.34. The van der Waals surface area contributed by atoms with Crippen LogP contribution in [0, 0.1) is 0 Å². The van der Waals surface area contributed by atoms with Crippen molar-refractivity contribution in [3.8, 4) is 0 Å². The van der Waals surface area contributed by atoms with Crippen molar-refractivity contribution in [1.82, 2.24) is 0 Å². The molecule has 1 aromatic rings. The molecule has 0 radical (unpaired) electrons. The normalized spacial score (nSPS) is 12.1. The highest BCUT2D eigenvalue weighted by molar-refractivity contribution is 5.75. The quantitative estimate of drug-likeness (QED) is 0.711. The summed E-state index contributed by atoms with van der Waals surface area (Å²) >= 11 is 0. The van der Waals surface area contributed by atoms with Crippen LogP contribution in [0.25, 0.3) is 0 Å². The zero-order valence-electron chi connectivity index (χ0n) is 10.1. The predicted molar refractivity (Wildman–Crippen MR) is 64.4 cm³/mol. The van der Waals surface area contributed by atoms with E-state index in [0.717, 1.165) is 5.56 Å². The van der Waals surface area contributed by atoms with Gasteiger partial charge in [0.25, 0.3) is 0 Å². The Hall–Kier alpha value is -1.88. The van der Waals surface area contributed by atoms with Crippen LogP contribution in [0.1, 0.15) is 36.1 Å². The Labute approximate surface area is 105 Å². The van der Waals surface area contributed by atoms with E-state index in [2.05, 4.69) is 0 Å². The Morgan fingerprint density at radius 2 is 1.94 bits per heavy atom. The molecule has 5 nitrogen and oxygen atoms in total. The van der Waals surface area contributed by atoms with Gasteiger partial charge in [-0.15, -0.1) is 0 Å². The molecule has 0 saturated heterocycles. The number of hydrogen-bond acceptors (Lipinski definition) is 3. The number of carboxylic acid groups (broad SMARTS) is 2. The summed E-state index contributed by atoms with van der Waals surface area (Å²) in [4.78, 5) is 21.4. The number of rotatable bonds is 6. The molecule has 0 amide bonds. The lowest BCUT2D eigenvalue weighted by atomic mass is 9.93. The van der Waals surface area contributed by atoms with Crippen molar-refractivity contribution < 1.29 is 24.9 Å². The fraction of sp³-hybridized carbons (Fsp3) is 0.385. The van der Waals surface area contributed by atoms with Gasteiger partial charge in [-0.3, -0.25) is 4.79 Å². The zero-order chi connectivity index (χ0) is 13.7. The van der Waals surface area contributed by atoms with Gasteiger partial charge < -0.3 is 15.3 Å². The van der Waals surface area contributed by atoms with Gasteiger partial charge in [0.1, 0.15) is 0 Å². The molecule has 0 aliphatic rings. The van der Waals surface area contributed by atoms with Crippen molar-refractivity contribution in [3.63, 3.8) is 0 Å². The highest BCUT2D eigenvalue weighted by atomic mass is 16.4. The first-order valence-electron chi connectivity index (χ1n) is 5.70. The Kier molecular flexibility index (Phi) is 4.85. The number of aliphatic hydroxyl groups excluding tert-OH is 1. The highest BCUT2D eigenvalue weighted by Gasteiger charge is 2.20. The third-order valence-electron chi connectivity index (χ3n) is 2.80. The molecule has 1 unspecified atom stereocenters. The fourth-order valence-electron chi connectivity index (χ4n) is 1.95. The minimum atomic E-state index is -1.57. The number of carbonyl (C=O) groups is 2. The van der Waals surface area contributed by atoms with Crippen LogP contribution in [0.15, 0.2) is 18.2 Å². The molecule has 0 bridgehead atoms. The summed E-state index contributed by atoms with van der Waals surface area (Å²) in [7, 11) is 0. The number of aliphatic hydroxyl groups is 1. The molecule has 0 saturated carbocycles. The van der Waals surface area contributed by atoms with Crippen molar-refractivity contribution in [3.05, 3.63) is 34.9 Å². The van der Waals surface area contributed by atoms with Gasteiger partial charge in [-0.1, -0.05) is 25.1 Å². The Balaban J connectivity index is 3.09. The molecule has 5 heteroatoms. The van der Waals surface area contributed by atoms with E-state index in [1.54, 1.807) is 18.2 Å². The molecule has 1 rings (SSSR count). The molecule has 0 aliphatic heterocycles. The summed E-state index contributed by atoms with van der Waals surface area (Å²) in [6.07, 6.45) is -0.696. The number of aryl methyl sites for hydroxylation is 1. The first-order chi connectivity index (χ1) is 8.47. The number of benzene rings is 1. The maximum atomic E-state index is 10.8. The van der Waals surface area contributed by atoms with Crippen molar-refractivity contribution in [2.24, 2.45) is 0 Å². The molecular formula is C13H16O5. The Morgan fingerprint density at radius 1 is 1.28 bits per heavy atom. The van der Waals surface area contributed by atoms with Gasteiger partial charge in [-0.05, 0) is 29.5 Å². The van der Waals surface area contributed by atoms with Gasteiger partial charge in [0.2, 0.25) is 0 Å². The Morgan fingerprint density at radius 3 is 2.44 bits per heavy atom. The standard InChI is InChI=1S/C13H16O5/c1-2-9-8(6-7-11(14)15)4-3-5-10(9)12(16)13(17)18/h3-5,12,16H,2,6-7H2,1H3,(H,14,15)(H,17,18). The molecule has 0 aliphatic carbocycles. The van der Waals surface area contributed by atoms with E-state index in [1.807, 2.05) is 6.92 Å². The van der Waals surface area contributed by atoms with Gasteiger partial charge in [0.05, 0.1) is 0 Å². The van der Waals surface area contributed by atoms with Gasteiger partial charge in [0.15, 0.2) is 6.10 Å². The first kappa shape index (κ1) is 14.2. The van der Waals surface area contributed by atoms with Crippen LogP contribution in [-0.4, -0.2) is 27.3 Å². The molecule has 3 N–H and O–H groups in total. The summed E-state index contributed by atoms with van der Waals surface area (Å²) in [5, 5.41) is 27.1. The summed E-state index contributed by atoms with van der Waals surface area (Å²) < 4.78 is 0. The lowest BCUT2D eigenvalue weighted by Gasteiger charge is -2.15. The number of aliphatic carboxylic acids is 2. The summed E-state index contributed by atoms with van der Waals surface area (Å²) in [6, 6.07) is 4.96. The molecule has 0 fully saturated rings. The second-order valence-electron chi connectivity index (χ2n) is 3.97. The third kappa shape index (κ3) is 3.30. The number of carboxylic acids is 2. The van der Waals surface area contributed by atoms with E-state index in [0.29, 0.717) is 24.0 Å². The minimum absolute atomic E-state index is 0.0143. The lowest BCUT2D eigenvalue weighted by molar-refractivity contribution is -0.147. The average molecular weight is 252 g/mol. The smallest absolute Gasteiger partial charge is 0.337 e. The highest BCUT2D eigenvalue weighted by Crippen LogP contribution is 2.23. The van der Waals surface area contributed by atoms with Crippen LogP contribution in [0.3, 0.4) is 0 Å². The van der Waals surface area contributed by atoms with Gasteiger partial charge in [0, 0.05) is 6.42 Å². The molecule has 1 atom stereocenters. The van der Waals surface area contributed by atoms with Crippen LogP contribution >= 0.6 is 0 Å². The minimum Gasteiger partial charge on any atom is -0.481 e. The maximum absolute atomic E-state index is 10.8. The van der Waals surface area contributed by atoms with Crippen LogP contribution < -0.4 is 0 Å². The topological polar surface area (TPSA) is 94.8 Å². The van der Waals surface area contributed by atoms with E-state index >= 15 is 0 Å². The zero-order valence-corrected chi connectivity index (χ0v) is 10.1. The van der Waals surface area contributed by atoms with E-state index in [4.69, 9.17) is 10.2 Å². The third-order valence-corrected chi connectivity index (χ3v) is 2.80. The largest absolute Gasteiger partial charge is 0.481 e. The molecular weight excluding hydrogens is 236 g/mol. The van der Waals surface area contributed by atoms with E-state index in [1.165, 1.54) is 0 Å². The van der Waals surface area contributed by atoms with Crippen molar-refractivity contribution in [1.29, 1.82) is 0 Å². The van der Waals surface area contributed by atoms with Crippen LogP contribution in [0.2, 0.25) is 0 Å². The molecule has 18 heavy (non-hydrogen) atoms. The first-order valence-corrected chi connectivity index (χ1v) is 5.70. The van der Waals surface area contributed by atoms with Crippen LogP contribution in [0.5, 0.6) is 0 Å². The summed E-state index contributed by atoms with van der Waals surface area (Å²) in [5.41, 5.74) is 1.83. The Bertz CT molecular complexity index is 453. The van der Waals surface area contributed by atoms with E-state index in [-0.39, 0.29) is 6.42 Å². The van der Waals surface area contributed by atoms with E-state index < -0.39 is 18.0 Å². The lowest BCUT2D eigenvalue weighted by Crippen LogP contribution is -2.14. The van der Waals surface area contributed by atoms with Gasteiger partial charge in [-0.25, -0.2) is 4.79 Å². The number of hydrogen-bond donors (Lipinski definition) is 3. The fourth-order valence-corrected chi connectivity index (χ4v) is 1.95. The summed E-state index contributed by atoms with van der Waals surface area (Å²) in [6.45, 7) is 1.84. The van der Waals surface area contributed by atoms with Crippen molar-refractivity contribution in [2.45, 2.75) is 32.3 Å². The molecule has 98 valence electrons. The van der Waals surface area contributed by atoms with Gasteiger partial charge in [-0.2, -0.15) is 0 Å². The molecule has 0 spiro atoms.